The summed E-state index contributed by atoms with van der Waals surface area (Å²) in [5.41, 5.74) is 6.08. The maximum atomic E-state index is 2.50. The molecule has 4 aliphatic rings. The van der Waals surface area contributed by atoms with Crippen molar-refractivity contribution >= 4 is 0 Å². The molecule has 194 valence electrons. The van der Waals surface area contributed by atoms with Gasteiger partial charge < -0.3 is 0 Å². The van der Waals surface area contributed by atoms with Crippen molar-refractivity contribution in [2.45, 2.75) is 66.2 Å². The lowest BCUT2D eigenvalue weighted by atomic mass is 9.66. The van der Waals surface area contributed by atoms with Crippen molar-refractivity contribution in [1.82, 2.24) is 0 Å². The van der Waals surface area contributed by atoms with Crippen LogP contribution in [0.1, 0.15) is 88.5 Å². The summed E-state index contributed by atoms with van der Waals surface area (Å²) < 4.78 is 0. The van der Waals surface area contributed by atoms with Crippen molar-refractivity contribution in [3.8, 4) is 0 Å². The van der Waals surface area contributed by atoms with Gasteiger partial charge >= 0.3 is 0 Å². The quantitative estimate of drug-likeness (QED) is 0.336. The van der Waals surface area contributed by atoms with E-state index in [0.29, 0.717) is 23.7 Å². The molecule has 4 aliphatic carbocycles. The van der Waals surface area contributed by atoms with E-state index in [4.69, 9.17) is 0 Å². The molecule has 4 unspecified atom stereocenters. The van der Waals surface area contributed by atoms with Crippen LogP contribution in [-0.4, -0.2) is 0 Å². The van der Waals surface area contributed by atoms with Crippen LogP contribution in [-0.2, 0) is 0 Å². The van der Waals surface area contributed by atoms with E-state index in [0.717, 1.165) is 0 Å². The fraction of sp³-hybridized carbons (Fsp3) is 0.421. The van der Waals surface area contributed by atoms with E-state index >= 15 is 0 Å². The van der Waals surface area contributed by atoms with Gasteiger partial charge in [-0.15, -0.1) is 0 Å². The summed E-state index contributed by atoms with van der Waals surface area (Å²) in [5.74, 6) is 9.54. The van der Waals surface area contributed by atoms with E-state index in [1.54, 1.807) is 23.7 Å². The first-order valence-electron chi connectivity index (χ1n) is 15.1. The zero-order chi connectivity index (χ0) is 26.1. The molecule has 3 aromatic carbocycles. The highest BCUT2D eigenvalue weighted by Gasteiger charge is 2.59. The minimum atomic E-state index is 0.100. The van der Waals surface area contributed by atoms with Crippen molar-refractivity contribution in [2.75, 3.05) is 0 Å². The fourth-order valence-electron chi connectivity index (χ4n) is 9.81. The SMILES string of the molecule is CC1(C)[C](c2ccccc2)C2CCCC2[C]1c1ccc([C]2C3CCCC3[C](c3ccccc3)C2(C)C)cc1. The molecule has 0 aromatic heterocycles. The van der Waals surface area contributed by atoms with Gasteiger partial charge in [-0.2, -0.15) is 0 Å². The highest BCUT2D eigenvalue weighted by Crippen LogP contribution is 2.68. The molecule has 0 nitrogen and oxygen atoms in total. The van der Waals surface area contributed by atoms with Crippen molar-refractivity contribution < 1.29 is 0 Å². The van der Waals surface area contributed by atoms with Gasteiger partial charge in [0.25, 0.3) is 0 Å². The van der Waals surface area contributed by atoms with Crippen LogP contribution < -0.4 is 0 Å². The van der Waals surface area contributed by atoms with E-state index in [-0.39, 0.29) is 10.8 Å². The minimum Gasteiger partial charge on any atom is -0.0622 e. The number of hydrogen-bond donors (Lipinski definition) is 0. The van der Waals surface area contributed by atoms with Gasteiger partial charge in [0.15, 0.2) is 0 Å². The Morgan fingerprint density at radius 2 is 0.658 bits per heavy atom. The summed E-state index contributed by atoms with van der Waals surface area (Å²) in [5, 5.41) is 0. The average Bonchev–Trinajstić information content (AvgIpc) is 3.64. The first-order chi connectivity index (χ1) is 18.4. The molecule has 38 heavy (non-hydrogen) atoms. The Hall–Kier alpha value is -2.34. The third-order valence-electron chi connectivity index (χ3n) is 10.9. The molecule has 0 spiro atoms. The smallest absolute Gasteiger partial charge is 0.0149 e. The maximum absolute atomic E-state index is 2.50. The number of rotatable bonds is 4. The van der Waals surface area contributed by atoms with Crippen LogP contribution in [0.5, 0.6) is 0 Å². The van der Waals surface area contributed by atoms with Gasteiger partial charge in [0.2, 0.25) is 0 Å². The van der Waals surface area contributed by atoms with Crippen LogP contribution >= 0.6 is 0 Å². The van der Waals surface area contributed by atoms with Gasteiger partial charge in [-0.05, 0) is 82.4 Å². The van der Waals surface area contributed by atoms with Crippen LogP contribution in [0.4, 0.5) is 0 Å². The van der Waals surface area contributed by atoms with Gasteiger partial charge in [0.05, 0.1) is 0 Å². The highest BCUT2D eigenvalue weighted by atomic mass is 14.6. The summed E-state index contributed by atoms with van der Waals surface area (Å²) in [7, 11) is 0. The van der Waals surface area contributed by atoms with Crippen molar-refractivity contribution in [3.63, 3.8) is 0 Å². The van der Waals surface area contributed by atoms with Gasteiger partial charge in [-0.3, -0.25) is 0 Å². The molecule has 0 saturated heterocycles. The Balaban J connectivity index is 1.23. The molecule has 0 aliphatic heterocycles. The molecule has 0 bridgehead atoms. The lowest BCUT2D eigenvalue weighted by Crippen LogP contribution is -2.27. The van der Waals surface area contributed by atoms with Crippen molar-refractivity contribution in [2.24, 2.45) is 34.5 Å². The lowest BCUT2D eigenvalue weighted by Gasteiger charge is -2.36. The zero-order valence-electron chi connectivity index (χ0n) is 23.6. The van der Waals surface area contributed by atoms with E-state index in [1.807, 2.05) is 0 Å². The number of fused-ring (bicyclic) bond motifs is 2. The second kappa shape index (κ2) is 9.11. The van der Waals surface area contributed by atoms with Gasteiger partial charge in [-0.1, -0.05) is 125 Å². The molecule has 4 saturated carbocycles. The molecule has 4 atom stereocenters. The predicted molar refractivity (Wildman–Crippen MR) is 158 cm³/mol. The van der Waals surface area contributed by atoms with Crippen LogP contribution in [0.2, 0.25) is 0 Å². The van der Waals surface area contributed by atoms with Crippen LogP contribution in [0, 0.1) is 58.2 Å². The Morgan fingerprint density at radius 1 is 0.395 bits per heavy atom. The van der Waals surface area contributed by atoms with Gasteiger partial charge in [-0.25, -0.2) is 0 Å². The van der Waals surface area contributed by atoms with Crippen LogP contribution in [0.3, 0.4) is 0 Å². The Kier molecular flexibility index (Phi) is 5.92. The second-order valence-electron chi connectivity index (χ2n) is 13.5. The summed E-state index contributed by atoms with van der Waals surface area (Å²) in [4.78, 5) is 0. The first-order valence-corrected chi connectivity index (χ1v) is 15.1. The molecule has 3 aromatic rings. The molecule has 0 heterocycles. The maximum Gasteiger partial charge on any atom is 0.0149 e. The largest absolute Gasteiger partial charge is 0.0622 e. The summed E-state index contributed by atoms with van der Waals surface area (Å²) in [6.45, 7) is 9.98. The molecule has 7 rings (SSSR count). The predicted octanol–water partition coefficient (Wildman–Crippen LogP) is 9.69. The topological polar surface area (TPSA) is 0 Å². The first kappa shape index (κ1) is 24.7. The third kappa shape index (κ3) is 3.61. The van der Waals surface area contributed by atoms with E-state index in [1.165, 1.54) is 60.8 Å². The Bertz CT molecular complexity index is 1150. The van der Waals surface area contributed by atoms with E-state index in [2.05, 4.69) is 113 Å². The van der Waals surface area contributed by atoms with E-state index in [9.17, 15) is 0 Å². The highest BCUT2D eigenvalue weighted by molar-refractivity contribution is 5.56. The summed E-state index contributed by atoms with van der Waals surface area (Å²) >= 11 is 0. The Labute approximate surface area is 231 Å². The Morgan fingerprint density at radius 3 is 0.947 bits per heavy atom. The van der Waals surface area contributed by atoms with E-state index < -0.39 is 0 Å². The lowest BCUT2D eigenvalue weighted by molar-refractivity contribution is 0.434. The van der Waals surface area contributed by atoms with Crippen LogP contribution in [0.25, 0.3) is 0 Å². The third-order valence-corrected chi connectivity index (χ3v) is 10.9. The summed E-state index contributed by atoms with van der Waals surface area (Å²) in [6, 6.07) is 32.5. The number of hydrogen-bond acceptors (Lipinski definition) is 0. The van der Waals surface area contributed by atoms with Gasteiger partial charge in [0, 0.05) is 23.7 Å². The van der Waals surface area contributed by atoms with Crippen LogP contribution in [0.15, 0.2) is 84.9 Å². The standard InChI is InChI=1S/C38H42/c1-37(2)33(25-13-7-5-8-14-25)29-17-11-19-31(29)35(37)27-21-23-28(24-22-27)36-32-20-12-18-30(32)34(38(36,3)4)26-15-9-6-10-16-26/h5-10,13-16,21-24,29-32H,11-12,17-20H2,1-4H3. The minimum absolute atomic E-state index is 0.100. The number of benzene rings is 3. The summed E-state index contributed by atoms with van der Waals surface area (Å²) in [6.07, 6.45) is 8.07. The molecule has 4 fully saturated rings. The van der Waals surface area contributed by atoms with Gasteiger partial charge in [0.1, 0.15) is 0 Å². The molecular formula is C38H42. The molecular weight excluding hydrogens is 456 g/mol. The zero-order valence-corrected chi connectivity index (χ0v) is 23.6. The molecule has 0 amide bonds. The average molecular weight is 499 g/mol. The molecule has 0 N–H and O–H groups in total. The molecule has 0 heteroatoms. The monoisotopic (exact) mass is 498 g/mol. The molecule has 4 radical (unpaired) electrons. The fourth-order valence-corrected chi connectivity index (χ4v) is 9.81. The second-order valence-corrected chi connectivity index (χ2v) is 13.5. The van der Waals surface area contributed by atoms with Crippen molar-refractivity contribution in [1.29, 1.82) is 0 Å². The van der Waals surface area contributed by atoms with Crippen molar-refractivity contribution in [3.05, 3.63) is 131 Å². The normalized spacial score (nSPS) is 31.1.